The number of hydrogen-bond acceptors (Lipinski definition) is 2. The van der Waals surface area contributed by atoms with Gasteiger partial charge in [0.25, 0.3) is 5.91 Å². The van der Waals surface area contributed by atoms with Gasteiger partial charge in [-0.3, -0.25) is 4.79 Å². The first kappa shape index (κ1) is 16.6. The van der Waals surface area contributed by atoms with Gasteiger partial charge in [-0.15, -0.1) is 0 Å². The van der Waals surface area contributed by atoms with Gasteiger partial charge < -0.3 is 9.64 Å². The molecular weight excluding hydrogens is 322 g/mol. The first-order chi connectivity index (χ1) is 12.6. The molecule has 4 rings (SSSR count). The maximum atomic E-state index is 13.0. The molecule has 0 radical (unpaired) electrons. The summed E-state index contributed by atoms with van der Waals surface area (Å²) in [5.41, 5.74) is 4.71. The summed E-state index contributed by atoms with van der Waals surface area (Å²) < 4.78 is 5.76. The van der Waals surface area contributed by atoms with Gasteiger partial charge in [0.15, 0.2) is 0 Å². The Morgan fingerprint density at radius 3 is 2.50 bits per heavy atom. The van der Waals surface area contributed by atoms with Gasteiger partial charge in [-0.05, 0) is 59.9 Å². The zero-order chi connectivity index (χ0) is 18.1. The maximum absolute atomic E-state index is 13.0. The van der Waals surface area contributed by atoms with Gasteiger partial charge in [-0.25, -0.2) is 0 Å². The van der Waals surface area contributed by atoms with Crippen LogP contribution in [0.3, 0.4) is 0 Å². The van der Waals surface area contributed by atoms with Crippen molar-refractivity contribution in [3.63, 3.8) is 0 Å². The monoisotopic (exact) mass is 345 g/mol. The Labute approximate surface area is 154 Å². The van der Waals surface area contributed by atoms with Crippen LogP contribution in [-0.2, 0) is 12.8 Å². The molecule has 1 amide bonds. The van der Waals surface area contributed by atoms with Gasteiger partial charge >= 0.3 is 0 Å². The molecule has 3 aromatic rings. The second-order valence-electron chi connectivity index (χ2n) is 7.00. The van der Waals surface area contributed by atoms with Crippen LogP contribution in [0, 0.1) is 6.92 Å². The molecule has 0 heterocycles. The van der Waals surface area contributed by atoms with E-state index in [0.29, 0.717) is 13.2 Å². The maximum Gasteiger partial charge on any atom is 0.254 e. The van der Waals surface area contributed by atoms with Crippen LogP contribution in [0.1, 0.15) is 27.0 Å². The predicted octanol–water partition coefficient (Wildman–Crippen LogP) is 4.40. The van der Waals surface area contributed by atoms with Gasteiger partial charge in [0.2, 0.25) is 0 Å². The number of ether oxygens (including phenoxy) is 1. The van der Waals surface area contributed by atoms with E-state index in [2.05, 4.69) is 24.3 Å². The molecule has 26 heavy (non-hydrogen) atoms. The van der Waals surface area contributed by atoms with Crippen LogP contribution in [0.15, 0.2) is 54.6 Å². The fourth-order valence-corrected chi connectivity index (χ4v) is 3.68. The number of carbonyl (C=O) groups is 1. The Balaban J connectivity index is 1.47. The minimum absolute atomic E-state index is 0.0492. The van der Waals surface area contributed by atoms with E-state index in [1.165, 1.54) is 22.1 Å². The Kier molecular flexibility index (Phi) is 4.37. The van der Waals surface area contributed by atoms with Crippen molar-refractivity contribution in [2.75, 3.05) is 20.2 Å². The van der Waals surface area contributed by atoms with Crippen molar-refractivity contribution >= 4 is 16.7 Å². The van der Waals surface area contributed by atoms with Gasteiger partial charge in [0.05, 0.1) is 6.54 Å². The van der Waals surface area contributed by atoms with E-state index in [1.807, 2.05) is 44.3 Å². The van der Waals surface area contributed by atoms with Crippen molar-refractivity contribution in [1.82, 2.24) is 4.90 Å². The molecular formula is C23H23NO2. The van der Waals surface area contributed by atoms with Crippen molar-refractivity contribution < 1.29 is 9.53 Å². The minimum Gasteiger partial charge on any atom is -0.492 e. The summed E-state index contributed by atoms with van der Waals surface area (Å²) in [5.74, 6) is 0.884. The molecule has 3 heteroatoms. The average molecular weight is 345 g/mol. The lowest BCUT2D eigenvalue weighted by Crippen LogP contribution is -2.31. The molecule has 1 aliphatic rings. The molecule has 0 fully saturated rings. The van der Waals surface area contributed by atoms with Gasteiger partial charge in [0.1, 0.15) is 12.4 Å². The smallest absolute Gasteiger partial charge is 0.254 e. The zero-order valence-corrected chi connectivity index (χ0v) is 15.3. The average Bonchev–Trinajstić information content (AvgIpc) is 3.08. The molecule has 3 nitrogen and oxygen atoms in total. The lowest BCUT2D eigenvalue weighted by Gasteiger charge is -2.19. The molecule has 0 atom stereocenters. The van der Waals surface area contributed by atoms with E-state index in [4.69, 9.17) is 4.74 Å². The summed E-state index contributed by atoms with van der Waals surface area (Å²) in [4.78, 5) is 14.7. The fourth-order valence-electron chi connectivity index (χ4n) is 3.68. The van der Waals surface area contributed by atoms with Crippen LogP contribution >= 0.6 is 0 Å². The van der Waals surface area contributed by atoms with Gasteiger partial charge in [0, 0.05) is 12.6 Å². The summed E-state index contributed by atoms with van der Waals surface area (Å²) in [6.45, 7) is 3.08. The summed E-state index contributed by atoms with van der Waals surface area (Å²) >= 11 is 0. The highest BCUT2D eigenvalue weighted by molar-refractivity contribution is 6.09. The zero-order valence-electron chi connectivity index (χ0n) is 15.3. The number of carbonyl (C=O) groups excluding carboxylic acids is 1. The topological polar surface area (TPSA) is 29.5 Å². The summed E-state index contributed by atoms with van der Waals surface area (Å²) in [5, 5.41) is 2.36. The number of nitrogens with zero attached hydrogens (tertiary/aromatic N) is 1. The minimum atomic E-state index is 0.0492. The number of benzene rings is 3. The van der Waals surface area contributed by atoms with Crippen LogP contribution in [0.5, 0.6) is 5.75 Å². The molecule has 0 bridgehead atoms. The Bertz CT molecular complexity index is 950. The summed E-state index contributed by atoms with van der Waals surface area (Å²) in [6, 6.07) is 18.4. The lowest BCUT2D eigenvalue weighted by atomic mass is 9.99. The number of hydrogen-bond donors (Lipinski definition) is 0. The Morgan fingerprint density at radius 1 is 1.00 bits per heavy atom. The molecule has 132 valence electrons. The Morgan fingerprint density at radius 2 is 1.73 bits per heavy atom. The van der Waals surface area contributed by atoms with E-state index in [-0.39, 0.29) is 5.91 Å². The second-order valence-corrected chi connectivity index (χ2v) is 7.00. The molecule has 1 aliphatic carbocycles. The number of rotatable bonds is 5. The van der Waals surface area contributed by atoms with Gasteiger partial charge in [-0.2, -0.15) is 0 Å². The predicted molar refractivity (Wildman–Crippen MR) is 105 cm³/mol. The number of amides is 1. The second kappa shape index (κ2) is 6.83. The van der Waals surface area contributed by atoms with Crippen LogP contribution in [-0.4, -0.2) is 31.0 Å². The third-order valence-corrected chi connectivity index (χ3v) is 5.17. The molecule has 0 saturated heterocycles. The largest absolute Gasteiger partial charge is 0.492 e. The number of likely N-dealkylation sites (N-methyl/N-ethyl adjacent to an activating group) is 1. The molecule has 3 aromatic carbocycles. The van der Waals surface area contributed by atoms with Crippen molar-refractivity contribution in [2.24, 2.45) is 0 Å². The molecule has 0 saturated carbocycles. The van der Waals surface area contributed by atoms with Crippen molar-refractivity contribution in [1.29, 1.82) is 0 Å². The molecule has 0 unspecified atom stereocenters. The standard InChI is InChI=1S/C23H23NO2/c1-16-6-11-19(12-7-16)26-15-14-24(2)23(25)21-13-10-18-9-8-17-4-3-5-20(21)22(17)18/h3-7,10-13H,8-9,14-15H2,1-2H3. The third kappa shape index (κ3) is 3.05. The SMILES string of the molecule is Cc1ccc(OCCN(C)C(=O)c2ccc3c4c(cccc24)CC3)cc1. The Hall–Kier alpha value is -2.81. The quantitative estimate of drug-likeness (QED) is 0.686. The summed E-state index contributed by atoms with van der Waals surface area (Å²) in [6.07, 6.45) is 2.15. The van der Waals surface area contributed by atoms with Crippen LogP contribution < -0.4 is 4.74 Å². The molecule has 0 aliphatic heterocycles. The first-order valence-electron chi connectivity index (χ1n) is 9.12. The number of aryl methyl sites for hydroxylation is 3. The van der Waals surface area contributed by atoms with E-state index >= 15 is 0 Å². The van der Waals surface area contributed by atoms with Crippen molar-refractivity contribution in [2.45, 2.75) is 19.8 Å². The normalized spacial score (nSPS) is 12.4. The first-order valence-corrected chi connectivity index (χ1v) is 9.12. The third-order valence-electron chi connectivity index (χ3n) is 5.17. The van der Waals surface area contributed by atoms with Gasteiger partial charge in [-0.1, -0.05) is 42.0 Å². The van der Waals surface area contributed by atoms with Crippen molar-refractivity contribution in [3.05, 3.63) is 76.9 Å². The molecule has 0 spiro atoms. The highest BCUT2D eigenvalue weighted by atomic mass is 16.5. The van der Waals surface area contributed by atoms with E-state index < -0.39 is 0 Å². The van der Waals surface area contributed by atoms with Crippen molar-refractivity contribution in [3.8, 4) is 5.75 Å². The van der Waals surface area contributed by atoms with E-state index in [0.717, 1.165) is 29.5 Å². The lowest BCUT2D eigenvalue weighted by molar-refractivity contribution is 0.0775. The summed E-state index contributed by atoms with van der Waals surface area (Å²) in [7, 11) is 1.84. The molecule has 0 N–H and O–H groups in total. The molecule has 0 aromatic heterocycles. The van der Waals surface area contributed by atoms with Crippen LogP contribution in [0.2, 0.25) is 0 Å². The van der Waals surface area contributed by atoms with E-state index in [9.17, 15) is 4.79 Å². The highest BCUT2D eigenvalue weighted by Crippen LogP contribution is 2.33. The fraction of sp³-hybridized carbons (Fsp3) is 0.261. The van der Waals surface area contributed by atoms with Crippen LogP contribution in [0.25, 0.3) is 10.8 Å². The van der Waals surface area contributed by atoms with Crippen LogP contribution in [0.4, 0.5) is 0 Å². The van der Waals surface area contributed by atoms with E-state index in [1.54, 1.807) is 4.90 Å². The highest BCUT2D eigenvalue weighted by Gasteiger charge is 2.20.